The van der Waals surface area contributed by atoms with E-state index in [9.17, 15) is 9.59 Å². The Morgan fingerprint density at radius 1 is 1.83 bits per heavy atom. The summed E-state index contributed by atoms with van der Waals surface area (Å²) in [6, 6.07) is 0.0663. The fraction of sp³-hybridized carbons (Fsp3) is 0.714. The van der Waals surface area contributed by atoms with Gasteiger partial charge in [-0.05, 0) is 6.42 Å². The van der Waals surface area contributed by atoms with Crippen LogP contribution >= 0.6 is 0 Å². The van der Waals surface area contributed by atoms with Gasteiger partial charge in [0.25, 0.3) is 0 Å². The van der Waals surface area contributed by atoms with E-state index in [1.54, 1.807) is 0 Å². The molecule has 0 radical (unpaired) electrons. The van der Waals surface area contributed by atoms with Crippen LogP contribution in [0.4, 0.5) is 4.79 Å². The van der Waals surface area contributed by atoms with Crippen molar-refractivity contribution in [2.75, 3.05) is 13.7 Å². The van der Waals surface area contributed by atoms with Gasteiger partial charge in [-0.3, -0.25) is 4.79 Å². The average Bonchev–Trinajstić information content (AvgIpc) is 2.47. The number of carbonyl (C=O) groups is 2. The molecule has 0 bridgehead atoms. The normalized spacial score (nSPS) is 21.8. The third-order valence-electron chi connectivity index (χ3n) is 1.76. The van der Waals surface area contributed by atoms with Gasteiger partial charge in [0, 0.05) is 19.0 Å². The lowest BCUT2D eigenvalue weighted by Crippen LogP contribution is -2.38. The number of hydrogen-bond acceptors (Lipinski definition) is 3. The van der Waals surface area contributed by atoms with E-state index in [2.05, 4.69) is 15.4 Å². The molecule has 0 aromatic carbocycles. The number of ether oxygens (including phenoxy) is 1. The van der Waals surface area contributed by atoms with Crippen molar-refractivity contribution in [3.63, 3.8) is 0 Å². The minimum atomic E-state index is -0.462. The molecule has 1 fully saturated rings. The molecule has 5 heteroatoms. The largest absolute Gasteiger partial charge is 0.453 e. The van der Waals surface area contributed by atoms with Crippen molar-refractivity contribution in [2.24, 2.45) is 0 Å². The molecule has 1 saturated heterocycles. The monoisotopic (exact) mass is 172 g/mol. The molecule has 0 aromatic rings. The Hall–Kier alpha value is -1.26. The second-order valence-electron chi connectivity index (χ2n) is 2.68. The minimum absolute atomic E-state index is 0.0478. The standard InChI is InChI=1S/C7H12N2O3/c1-12-7(11)8-4-5-2-3-6(10)9-5/h5H,2-4H2,1H3,(H,8,11)(H,9,10). The molecule has 12 heavy (non-hydrogen) atoms. The van der Waals surface area contributed by atoms with E-state index in [1.165, 1.54) is 7.11 Å². The zero-order valence-electron chi connectivity index (χ0n) is 6.92. The zero-order valence-corrected chi connectivity index (χ0v) is 6.92. The second kappa shape index (κ2) is 3.94. The van der Waals surface area contributed by atoms with E-state index < -0.39 is 6.09 Å². The smallest absolute Gasteiger partial charge is 0.406 e. The molecule has 0 aliphatic carbocycles. The summed E-state index contributed by atoms with van der Waals surface area (Å²) in [7, 11) is 1.31. The lowest BCUT2D eigenvalue weighted by molar-refractivity contribution is -0.119. The van der Waals surface area contributed by atoms with E-state index in [-0.39, 0.29) is 11.9 Å². The van der Waals surface area contributed by atoms with Gasteiger partial charge in [0.2, 0.25) is 5.91 Å². The summed E-state index contributed by atoms with van der Waals surface area (Å²) in [5.41, 5.74) is 0. The number of hydrogen-bond donors (Lipinski definition) is 2. The highest BCUT2D eigenvalue weighted by molar-refractivity contribution is 5.78. The minimum Gasteiger partial charge on any atom is -0.453 e. The van der Waals surface area contributed by atoms with Crippen LogP contribution in [0.15, 0.2) is 0 Å². The number of alkyl carbamates (subject to hydrolysis) is 1. The van der Waals surface area contributed by atoms with Crippen molar-refractivity contribution in [3.8, 4) is 0 Å². The van der Waals surface area contributed by atoms with Crippen LogP contribution in [0.2, 0.25) is 0 Å². The number of nitrogens with one attached hydrogen (secondary N) is 2. The molecule has 1 heterocycles. The quantitative estimate of drug-likeness (QED) is 0.596. The molecule has 2 amide bonds. The van der Waals surface area contributed by atoms with Crippen molar-refractivity contribution >= 4 is 12.0 Å². The third kappa shape index (κ3) is 2.41. The van der Waals surface area contributed by atoms with Gasteiger partial charge < -0.3 is 15.4 Å². The van der Waals surface area contributed by atoms with Crippen LogP contribution in [0.1, 0.15) is 12.8 Å². The van der Waals surface area contributed by atoms with Crippen LogP contribution in [0, 0.1) is 0 Å². The van der Waals surface area contributed by atoms with Gasteiger partial charge >= 0.3 is 6.09 Å². The van der Waals surface area contributed by atoms with E-state index in [0.717, 1.165) is 6.42 Å². The molecule has 0 aromatic heterocycles. The van der Waals surface area contributed by atoms with Gasteiger partial charge in [0.05, 0.1) is 7.11 Å². The summed E-state index contributed by atoms with van der Waals surface area (Å²) in [5, 5.41) is 5.24. The Labute approximate surface area is 70.5 Å². The van der Waals surface area contributed by atoms with Gasteiger partial charge in [-0.15, -0.1) is 0 Å². The van der Waals surface area contributed by atoms with Gasteiger partial charge in [-0.2, -0.15) is 0 Å². The lowest BCUT2D eigenvalue weighted by atomic mass is 10.2. The lowest BCUT2D eigenvalue weighted by Gasteiger charge is -2.09. The predicted octanol–water partition coefficient (Wildman–Crippen LogP) is -0.379. The SMILES string of the molecule is COC(=O)NCC1CCC(=O)N1. The van der Waals surface area contributed by atoms with E-state index in [1.807, 2.05) is 0 Å². The Bertz CT molecular complexity index is 193. The highest BCUT2D eigenvalue weighted by Gasteiger charge is 2.20. The molecular formula is C7H12N2O3. The summed E-state index contributed by atoms with van der Waals surface area (Å²) in [6.45, 7) is 0.443. The summed E-state index contributed by atoms with van der Waals surface area (Å²) >= 11 is 0. The number of amides is 2. The molecule has 0 saturated carbocycles. The van der Waals surface area contributed by atoms with Crippen LogP contribution in [0.3, 0.4) is 0 Å². The van der Waals surface area contributed by atoms with E-state index >= 15 is 0 Å². The van der Waals surface area contributed by atoms with Gasteiger partial charge in [-0.1, -0.05) is 0 Å². The van der Waals surface area contributed by atoms with E-state index in [4.69, 9.17) is 0 Å². The summed E-state index contributed by atoms with van der Waals surface area (Å²) in [4.78, 5) is 21.3. The first-order valence-corrected chi connectivity index (χ1v) is 3.83. The molecule has 5 nitrogen and oxygen atoms in total. The van der Waals surface area contributed by atoms with Crippen LogP contribution < -0.4 is 10.6 Å². The van der Waals surface area contributed by atoms with Crippen LogP contribution in [-0.4, -0.2) is 31.7 Å². The van der Waals surface area contributed by atoms with E-state index in [0.29, 0.717) is 13.0 Å². The molecule has 1 aliphatic rings. The molecule has 1 rings (SSSR count). The Kier molecular flexibility index (Phi) is 2.90. The van der Waals surface area contributed by atoms with Crippen LogP contribution in [0.25, 0.3) is 0 Å². The van der Waals surface area contributed by atoms with Crippen molar-refractivity contribution in [1.29, 1.82) is 0 Å². The third-order valence-corrected chi connectivity index (χ3v) is 1.76. The Balaban J connectivity index is 2.16. The zero-order chi connectivity index (χ0) is 8.97. The Morgan fingerprint density at radius 3 is 3.08 bits per heavy atom. The first-order chi connectivity index (χ1) is 5.72. The molecule has 1 atom stereocenters. The first kappa shape index (κ1) is 8.83. The summed E-state index contributed by atoms with van der Waals surface area (Å²) in [6.07, 6.45) is 0.868. The molecule has 1 aliphatic heterocycles. The van der Waals surface area contributed by atoms with Gasteiger partial charge in [0.1, 0.15) is 0 Å². The van der Waals surface area contributed by atoms with Gasteiger partial charge in [-0.25, -0.2) is 4.79 Å². The Morgan fingerprint density at radius 2 is 2.58 bits per heavy atom. The summed E-state index contributed by atoms with van der Waals surface area (Å²) in [5.74, 6) is 0.0478. The van der Waals surface area contributed by atoms with Crippen molar-refractivity contribution < 1.29 is 14.3 Å². The molecule has 2 N–H and O–H groups in total. The molecule has 1 unspecified atom stereocenters. The van der Waals surface area contributed by atoms with Crippen molar-refractivity contribution in [2.45, 2.75) is 18.9 Å². The fourth-order valence-corrected chi connectivity index (χ4v) is 1.11. The topological polar surface area (TPSA) is 67.4 Å². The highest BCUT2D eigenvalue weighted by Crippen LogP contribution is 2.04. The van der Waals surface area contributed by atoms with Crippen molar-refractivity contribution in [3.05, 3.63) is 0 Å². The number of rotatable bonds is 2. The molecule has 0 spiro atoms. The van der Waals surface area contributed by atoms with Crippen LogP contribution in [0.5, 0.6) is 0 Å². The number of methoxy groups -OCH3 is 1. The predicted molar refractivity (Wildman–Crippen MR) is 41.6 cm³/mol. The van der Waals surface area contributed by atoms with Gasteiger partial charge in [0.15, 0.2) is 0 Å². The fourth-order valence-electron chi connectivity index (χ4n) is 1.11. The maximum atomic E-state index is 10.7. The van der Waals surface area contributed by atoms with Crippen molar-refractivity contribution in [1.82, 2.24) is 10.6 Å². The number of carbonyl (C=O) groups excluding carboxylic acids is 2. The second-order valence-corrected chi connectivity index (χ2v) is 2.68. The van der Waals surface area contributed by atoms with Crippen LogP contribution in [-0.2, 0) is 9.53 Å². The highest BCUT2D eigenvalue weighted by atomic mass is 16.5. The summed E-state index contributed by atoms with van der Waals surface area (Å²) < 4.78 is 4.37. The average molecular weight is 172 g/mol. The maximum Gasteiger partial charge on any atom is 0.406 e. The first-order valence-electron chi connectivity index (χ1n) is 3.83. The molecular weight excluding hydrogens is 160 g/mol. The maximum absolute atomic E-state index is 10.7. The molecule has 68 valence electrons.